The molecule has 1 aliphatic rings. The lowest BCUT2D eigenvalue weighted by Crippen LogP contribution is -2.33. The SMILES string of the molecule is CCc1cc2c(cc1CC)CC(NCC(O)c1ccc(OCc3ccc(F)cc3)c3[nH]c(=O)ccc13)C2. The van der Waals surface area contributed by atoms with Crippen LogP contribution in [0.3, 0.4) is 0 Å². The third-order valence-corrected chi connectivity index (χ3v) is 7.37. The van der Waals surface area contributed by atoms with Crippen molar-refractivity contribution in [2.45, 2.75) is 58.3 Å². The minimum Gasteiger partial charge on any atom is -0.487 e. The van der Waals surface area contributed by atoms with Crippen molar-refractivity contribution in [3.05, 3.63) is 110 Å². The number of aromatic nitrogens is 1. The Morgan fingerprint density at radius 1 is 1.00 bits per heavy atom. The molecule has 1 aromatic heterocycles. The molecule has 1 aliphatic carbocycles. The molecule has 0 saturated heterocycles. The van der Waals surface area contributed by atoms with E-state index in [1.54, 1.807) is 24.3 Å². The average molecular weight is 501 g/mol. The van der Waals surface area contributed by atoms with Crippen molar-refractivity contribution in [1.82, 2.24) is 10.3 Å². The van der Waals surface area contributed by atoms with Crippen LogP contribution in [0, 0.1) is 5.82 Å². The molecule has 37 heavy (non-hydrogen) atoms. The summed E-state index contributed by atoms with van der Waals surface area (Å²) in [5.41, 5.74) is 7.52. The summed E-state index contributed by atoms with van der Waals surface area (Å²) in [6, 6.07) is 17.9. The van der Waals surface area contributed by atoms with Gasteiger partial charge in [0.2, 0.25) is 5.56 Å². The van der Waals surface area contributed by atoms with Crippen LogP contribution in [0.2, 0.25) is 0 Å². The van der Waals surface area contributed by atoms with Crippen LogP contribution in [0.5, 0.6) is 5.75 Å². The smallest absolute Gasteiger partial charge is 0.248 e. The fraction of sp³-hybridized carbons (Fsp3) is 0.323. The van der Waals surface area contributed by atoms with Crippen LogP contribution < -0.4 is 15.6 Å². The van der Waals surface area contributed by atoms with Crippen molar-refractivity contribution in [3.63, 3.8) is 0 Å². The molecule has 0 saturated carbocycles. The molecule has 192 valence electrons. The molecule has 0 fully saturated rings. The Hall–Kier alpha value is -3.48. The highest BCUT2D eigenvalue weighted by Crippen LogP contribution is 2.31. The normalized spacial score (nSPS) is 14.2. The Morgan fingerprint density at radius 3 is 2.32 bits per heavy atom. The third-order valence-electron chi connectivity index (χ3n) is 7.37. The van der Waals surface area contributed by atoms with Crippen LogP contribution in [0.25, 0.3) is 10.9 Å². The Balaban J connectivity index is 1.30. The number of benzene rings is 3. The van der Waals surface area contributed by atoms with E-state index in [1.807, 2.05) is 6.07 Å². The molecule has 3 aromatic carbocycles. The monoisotopic (exact) mass is 500 g/mol. The van der Waals surface area contributed by atoms with Gasteiger partial charge in [-0.25, -0.2) is 4.39 Å². The lowest BCUT2D eigenvalue weighted by atomic mass is 9.97. The van der Waals surface area contributed by atoms with Crippen molar-refractivity contribution >= 4 is 10.9 Å². The summed E-state index contributed by atoms with van der Waals surface area (Å²) in [4.78, 5) is 15.0. The zero-order valence-corrected chi connectivity index (χ0v) is 21.3. The molecule has 5 rings (SSSR count). The number of hydrogen-bond donors (Lipinski definition) is 3. The number of aliphatic hydroxyl groups is 1. The molecule has 0 aliphatic heterocycles. The fourth-order valence-electron chi connectivity index (χ4n) is 5.37. The average Bonchev–Trinajstić information content (AvgIpc) is 3.32. The second kappa shape index (κ2) is 10.9. The van der Waals surface area contributed by atoms with E-state index in [-0.39, 0.29) is 24.0 Å². The lowest BCUT2D eigenvalue weighted by Gasteiger charge is -2.19. The zero-order chi connectivity index (χ0) is 25.9. The Morgan fingerprint density at radius 2 is 1.68 bits per heavy atom. The van der Waals surface area contributed by atoms with Crippen LogP contribution in [0.1, 0.15) is 53.3 Å². The topological polar surface area (TPSA) is 74.3 Å². The predicted octanol–water partition coefficient (Wildman–Crippen LogP) is 5.16. The highest BCUT2D eigenvalue weighted by atomic mass is 19.1. The van der Waals surface area contributed by atoms with Crippen LogP contribution in [-0.4, -0.2) is 22.7 Å². The number of hydrogen-bond acceptors (Lipinski definition) is 4. The van der Waals surface area contributed by atoms with Gasteiger partial charge in [0.15, 0.2) is 0 Å². The molecule has 3 N–H and O–H groups in total. The summed E-state index contributed by atoms with van der Waals surface area (Å²) < 4.78 is 19.2. The molecule has 0 bridgehead atoms. The van der Waals surface area contributed by atoms with Gasteiger partial charge in [-0.1, -0.05) is 44.2 Å². The minimum absolute atomic E-state index is 0.234. The number of halogens is 1. The summed E-state index contributed by atoms with van der Waals surface area (Å²) in [6.07, 6.45) is 3.27. The third kappa shape index (κ3) is 5.45. The van der Waals surface area contributed by atoms with Gasteiger partial charge in [0, 0.05) is 24.0 Å². The Kier molecular flexibility index (Phi) is 7.40. The molecule has 5 nitrogen and oxygen atoms in total. The number of aryl methyl sites for hydroxylation is 2. The quantitative estimate of drug-likeness (QED) is 0.297. The van der Waals surface area contributed by atoms with Crippen molar-refractivity contribution in [1.29, 1.82) is 0 Å². The standard InChI is InChI=1S/C31H33FN2O3/c1-3-20-13-22-15-25(16-23(22)14-21(20)4-2)33-17-28(35)26-9-11-29(31-27(26)10-12-30(36)34-31)37-18-19-5-7-24(32)8-6-19/h5-14,25,28,33,35H,3-4,15-18H2,1-2H3,(H,34,36). The molecule has 1 unspecified atom stereocenters. The first-order valence-corrected chi connectivity index (χ1v) is 13.0. The van der Waals surface area contributed by atoms with E-state index in [0.29, 0.717) is 17.8 Å². The first kappa shape index (κ1) is 25.2. The van der Waals surface area contributed by atoms with Gasteiger partial charge in [0.05, 0.1) is 11.6 Å². The molecule has 0 amide bonds. The van der Waals surface area contributed by atoms with Crippen molar-refractivity contribution in [2.24, 2.45) is 0 Å². The van der Waals surface area contributed by atoms with E-state index >= 15 is 0 Å². The summed E-state index contributed by atoms with van der Waals surface area (Å²) in [7, 11) is 0. The zero-order valence-electron chi connectivity index (χ0n) is 21.3. The van der Waals surface area contributed by atoms with Crippen LogP contribution >= 0.6 is 0 Å². The number of ether oxygens (including phenoxy) is 1. The summed E-state index contributed by atoms with van der Waals surface area (Å²) in [6.45, 7) is 5.05. The molecule has 1 heterocycles. The van der Waals surface area contributed by atoms with Gasteiger partial charge in [0.1, 0.15) is 18.2 Å². The molecule has 0 radical (unpaired) electrons. The van der Waals surface area contributed by atoms with Gasteiger partial charge in [-0.15, -0.1) is 0 Å². The maximum Gasteiger partial charge on any atom is 0.248 e. The second-order valence-corrected chi connectivity index (χ2v) is 9.81. The molecule has 4 aromatic rings. The fourth-order valence-corrected chi connectivity index (χ4v) is 5.37. The maximum absolute atomic E-state index is 13.2. The Bertz CT molecular complexity index is 1430. The van der Waals surface area contributed by atoms with Gasteiger partial charge < -0.3 is 20.1 Å². The second-order valence-electron chi connectivity index (χ2n) is 9.81. The van der Waals surface area contributed by atoms with E-state index in [2.05, 4.69) is 36.3 Å². The van der Waals surface area contributed by atoms with Crippen molar-refractivity contribution < 1.29 is 14.2 Å². The minimum atomic E-state index is -0.749. The maximum atomic E-state index is 13.2. The largest absolute Gasteiger partial charge is 0.487 e. The van der Waals surface area contributed by atoms with E-state index in [1.165, 1.54) is 40.5 Å². The van der Waals surface area contributed by atoms with Gasteiger partial charge in [-0.2, -0.15) is 0 Å². The van der Waals surface area contributed by atoms with Crippen molar-refractivity contribution in [3.8, 4) is 5.75 Å². The van der Waals surface area contributed by atoms with Gasteiger partial charge in [-0.05, 0) is 83.3 Å². The number of pyridine rings is 1. The summed E-state index contributed by atoms with van der Waals surface area (Å²) in [5.74, 6) is 0.203. The molecule has 0 spiro atoms. The number of H-pyrrole nitrogens is 1. The van der Waals surface area contributed by atoms with E-state index in [9.17, 15) is 14.3 Å². The number of aromatic amines is 1. The number of nitrogens with one attached hydrogen (secondary N) is 2. The highest BCUT2D eigenvalue weighted by Gasteiger charge is 2.24. The summed E-state index contributed by atoms with van der Waals surface area (Å²) in [5, 5.41) is 15.4. The lowest BCUT2D eigenvalue weighted by molar-refractivity contribution is 0.171. The van der Waals surface area contributed by atoms with Crippen molar-refractivity contribution in [2.75, 3.05) is 6.54 Å². The van der Waals surface area contributed by atoms with E-state index in [0.717, 1.165) is 42.2 Å². The first-order chi connectivity index (χ1) is 17.9. The van der Waals surface area contributed by atoms with E-state index in [4.69, 9.17) is 4.74 Å². The highest BCUT2D eigenvalue weighted by molar-refractivity contribution is 5.87. The number of aliphatic hydroxyl groups excluding tert-OH is 1. The molecular formula is C31H33FN2O3. The van der Waals surface area contributed by atoms with Gasteiger partial charge >= 0.3 is 0 Å². The number of rotatable bonds is 9. The summed E-state index contributed by atoms with van der Waals surface area (Å²) >= 11 is 0. The predicted molar refractivity (Wildman–Crippen MR) is 145 cm³/mol. The van der Waals surface area contributed by atoms with E-state index < -0.39 is 6.10 Å². The van der Waals surface area contributed by atoms with Gasteiger partial charge in [0.25, 0.3) is 0 Å². The van der Waals surface area contributed by atoms with Gasteiger partial charge in [-0.3, -0.25) is 4.79 Å². The Labute approximate surface area is 216 Å². The molecule has 6 heteroatoms. The van der Waals surface area contributed by atoms with Crippen LogP contribution in [0.4, 0.5) is 4.39 Å². The molecule has 1 atom stereocenters. The number of fused-ring (bicyclic) bond motifs is 2. The first-order valence-electron chi connectivity index (χ1n) is 13.0. The molecular weight excluding hydrogens is 467 g/mol. The van der Waals surface area contributed by atoms with Crippen LogP contribution in [-0.2, 0) is 32.3 Å². The van der Waals surface area contributed by atoms with Crippen LogP contribution in [0.15, 0.2) is 65.5 Å².